The molecule has 1 aliphatic rings. The highest BCUT2D eigenvalue weighted by Gasteiger charge is 2.28. The van der Waals surface area contributed by atoms with E-state index in [0.717, 1.165) is 5.56 Å². The Morgan fingerprint density at radius 2 is 2.20 bits per heavy atom. The van der Waals surface area contributed by atoms with Crippen molar-refractivity contribution in [3.05, 3.63) is 48.6 Å². The predicted octanol–water partition coefficient (Wildman–Crippen LogP) is 2.19. The number of ether oxygens (including phenoxy) is 1. The number of hydrogen-bond donors (Lipinski definition) is 0. The normalized spacial score (nSPS) is 20.1. The molecule has 1 aromatic rings. The molecular formula is C12H13NO2. The molecule has 1 aliphatic heterocycles. The first-order chi connectivity index (χ1) is 7.29. The lowest BCUT2D eigenvalue weighted by Crippen LogP contribution is -2.24. The van der Waals surface area contributed by atoms with E-state index in [2.05, 4.69) is 6.58 Å². The van der Waals surface area contributed by atoms with E-state index in [-0.39, 0.29) is 12.2 Å². The van der Waals surface area contributed by atoms with Crippen LogP contribution in [0.5, 0.6) is 0 Å². The summed E-state index contributed by atoms with van der Waals surface area (Å²) < 4.78 is 5.06. The number of benzene rings is 1. The second-order valence-corrected chi connectivity index (χ2v) is 3.52. The second kappa shape index (κ2) is 4.17. The van der Waals surface area contributed by atoms with Crippen LogP contribution in [0.25, 0.3) is 0 Å². The number of carbonyl (C=O) groups is 1. The van der Waals surface area contributed by atoms with Gasteiger partial charge in [0.15, 0.2) is 0 Å². The van der Waals surface area contributed by atoms with Gasteiger partial charge >= 0.3 is 6.09 Å². The lowest BCUT2D eigenvalue weighted by molar-refractivity contribution is 0.144. The highest BCUT2D eigenvalue weighted by atomic mass is 16.6. The highest BCUT2D eigenvalue weighted by molar-refractivity contribution is 5.70. The standard InChI is InChI=1S/C12H13NO2/c1-2-11-9-13(12(14)15-11)8-10-6-4-3-5-7-10/h2-7,11H,1,8-9H2. The van der Waals surface area contributed by atoms with Crippen molar-refractivity contribution in [1.82, 2.24) is 4.90 Å². The number of hydrogen-bond acceptors (Lipinski definition) is 2. The predicted molar refractivity (Wildman–Crippen MR) is 57.3 cm³/mol. The summed E-state index contributed by atoms with van der Waals surface area (Å²) in [4.78, 5) is 13.1. The Morgan fingerprint density at radius 3 is 2.80 bits per heavy atom. The Balaban J connectivity index is 2.01. The summed E-state index contributed by atoms with van der Waals surface area (Å²) in [6.45, 7) is 4.81. The van der Waals surface area contributed by atoms with E-state index in [0.29, 0.717) is 13.1 Å². The molecule has 78 valence electrons. The topological polar surface area (TPSA) is 29.5 Å². The first-order valence-electron chi connectivity index (χ1n) is 4.91. The van der Waals surface area contributed by atoms with Gasteiger partial charge in [0.25, 0.3) is 0 Å². The van der Waals surface area contributed by atoms with Gasteiger partial charge in [0, 0.05) is 6.54 Å². The quantitative estimate of drug-likeness (QED) is 0.705. The van der Waals surface area contributed by atoms with E-state index >= 15 is 0 Å². The van der Waals surface area contributed by atoms with E-state index in [1.165, 1.54) is 0 Å². The van der Waals surface area contributed by atoms with Crippen molar-refractivity contribution in [3.8, 4) is 0 Å². The smallest absolute Gasteiger partial charge is 0.410 e. The number of rotatable bonds is 3. The van der Waals surface area contributed by atoms with Crippen LogP contribution in [0.2, 0.25) is 0 Å². The molecule has 1 fully saturated rings. The molecule has 3 nitrogen and oxygen atoms in total. The van der Waals surface area contributed by atoms with Gasteiger partial charge in [-0.05, 0) is 11.6 Å². The Kier molecular flexibility index (Phi) is 2.72. The van der Waals surface area contributed by atoms with Gasteiger partial charge in [0.2, 0.25) is 0 Å². The van der Waals surface area contributed by atoms with E-state index in [1.54, 1.807) is 11.0 Å². The fourth-order valence-electron chi connectivity index (χ4n) is 1.59. The van der Waals surface area contributed by atoms with Crippen LogP contribution in [0, 0.1) is 0 Å². The van der Waals surface area contributed by atoms with Crippen LogP contribution in [0.4, 0.5) is 4.79 Å². The van der Waals surface area contributed by atoms with Gasteiger partial charge in [-0.1, -0.05) is 36.9 Å². The number of carbonyl (C=O) groups excluding carboxylic acids is 1. The summed E-state index contributed by atoms with van der Waals surface area (Å²) in [5.74, 6) is 0. The molecule has 1 aromatic carbocycles. The molecule has 2 rings (SSSR count). The molecular weight excluding hydrogens is 190 g/mol. The van der Waals surface area contributed by atoms with Crippen LogP contribution in [0.3, 0.4) is 0 Å². The summed E-state index contributed by atoms with van der Waals surface area (Å²) in [6.07, 6.45) is 1.23. The third kappa shape index (κ3) is 2.18. The maximum Gasteiger partial charge on any atom is 0.410 e. The number of nitrogens with zero attached hydrogens (tertiary/aromatic N) is 1. The van der Waals surface area contributed by atoms with E-state index < -0.39 is 0 Å². The first-order valence-corrected chi connectivity index (χ1v) is 4.91. The van der Waals surface area contributed by atoms with Crippen LogP contribution < -0.4 is 0 Å². The monoisotopic (exact) mass is 203 g/mol. The molecule has 15 heavy (non-hydrogen) atoms. The van der Waals surface area contributed by atoms with Crippen molar-refractivity contribution < 1.29 is 9.53 Å². The fourth-order valence-corrected chi connectivity index (χ4v) is 1.59. The summed E-state index contributed by atoms with van der Waals surface area (Å²) >= 11 is 0. The molecule has 0 aromatic heterocycles. The van der Waals surface area contributed by atoms with Gasteiger partial charge in [-0.25, -0.2) is 4.79 Å². The van der Waals surface area contributed by atoms with Gasteiger partial charge in [-0.3, -0.25) is 4.90 Å². The average Bonchev–Trinajstić information content (AvgIpc) is 2.61. The SMILES string of the molecule is C=CC1CN(Cc2ccccc2)C(=O)O1. The molecule has 1 heterocycles. The van der Waals surface area contributed by atoms with Crippen LogP contribution in [-0.4, -0.2) is 23.6 Å². The third-order valence-corrected chi connectivity index (χ3v) is 2.39. The molecule has 0 aliphatic carbocycles. The maximum atomic E-state index is 11.4. The zero-order valence-corrected chi connectivity index (χ0v) is 8.43. The third-order valence-electron chi connectivity index (χ3n) is 2.39. The minimum absolute atomic E-state index is 0.166. The van der Waals surface area contributed by atoms with Crippen molar-refractivity contribution in [2.24, 2.45) is 0 Å². The van der Waals surface area contributed by atoms with Gasteiger partial charge < -0.3 is 4.74 Å². The van der Waals surface area contributed by atoms with Crippen LogP contribution >= 0.6 is 0 Å². The Bertz CT molecular complexity index is 361. The van der Waals surface area contributed by atoms with Crippen molar-refractivity contribution in [1.29, 1.82) is 0 Å². The molecule has 1 atom stereocenters. The van der Waals surface area contributed by atoms with E-state index in [4.69, 9.17) is 4.74 Å². The minimum atomic E-state index is -0.260. The molecule has 3 heteroatoms. The van der Waals surface area contributed by atoms with Gasteiger partial charge in [-0.2, -0.15) is 0 Å². The van der Waals surface area contributed by atoms with Gasteiger partial charge in [0.1, 0.15) is 6.10 Å². The largest absolute Gasteiger partial charge is 0.440 e. The van der Waals surface area contributed by atoms with E-state index in [1.807, 2.05) is 30.3 Å². The summed E-state index contributed by atoms with van der Waals surface area (Å²) in [5, 5.41) is 0. The Hall–Kier alpha value is -1.77. The fraction of sp³-hybridized carbons (Fsp3) is 0.250. The zero-order valence-electron chi connectivity index (χ0n) is 8.43. The molecule has 0 spiro atoms. The highest BCUT2D eigenvalue weighted by Crippen LogP contribution is 2.15. The first kappa shape index (κ1) is 9.77. The summed E-state index contributed by atoms with van der Waals surface area (Å²) in [7, 11) is 0. The van der Waals surface area contributed by atoms with Crippen molar-refractivity contribution >= 4 is 6.09 Å². The maximum absolute atomic E-state index is 11.4. The van der Waals surface area contributed by atoms with Crippen molar-refractivity contribution in [2.45, 2.75) is 12.6 Å². The molecule has 0 N–H and O–H groups in total. The minimum Gasteiger partial charge on any atom is -0.440 e. The molecule has 0 bridgehead atoms. The molecule has 1 unspecified atom stereocenters. The van der Waals surface area contributed by atoms with Gasteiger partial charge in [0.05, 0.1) is 6.54 Å². The lowest BCUT2D eigenvalue weighted by atomic mass is 10.2. The molecule has 0 saturated carbocycles. The van der Waals surface area contributed by atoms with Gasteiger partial charge in [-0.15, -0.1) is 0 Å². The molecule has 0 radical (unpaired) electrons. The van der Waals surface area contributed by atoms with Crippen LogP contribution in [0.1, 0.15) is 5.56 Å². The summed E-state index contributed by atoms with van der Waals surface area (Å²) in [5.41, 5.74) is 1.11. The molecule has 1 amide bonds. The number of amides is 1. The van der Waals surface area contributed by atoms with E-state index in [9.17, 15) is 4.79 Å². The van der Waals surface area contributed by atoms with Crippen LogP contribution in [-0.2, 0) is 11.3 Å². The lowest BCUT2D eigenvalue weighted by Gasteiger charge is -2.11. The Labute approximate surface area is 89.0 Å². The van der Waals surface area contributed by atoms with Crippen LogP contribution in [0.15, 0.2) is 43.0 Å². The number of cyclic esters (lactones) is 1. The average molecular weight is 203 g/mol. The molecule has 1 saturated heterocycles. The second-order valence-electron chi connectivity index (χ2n) is 3.52. The summed E-state index contributed by atoms with van der Waals surface area (Å²) in [6, 6.07) is 9.87. The Morgan fingerprint density at radius 1 is 1.47 bits per heavy atom. The van der Waals surface area contributed by atoms with Crippen molar-refractivity contribution in [3.63, 3.8) is 0 Å². The van der Waals surface area contributed by atoms with Crippen molar-refractivity contribution in [2.75, 3.05) is 6.54 Å². The zero-order chi connectivity index (χ0) is 10.7.